The Balaban J connectivity index is 2.72. The average molecular weight is 262 g/mol. The fourth-order valence-corrected chi connectivity index (χ4v) is 1.70. The molecule has 1 aromatic heterocycles. The molecule has 0 fully saturated rings. The van der Waals surface area contributed by atoms with E-state index >= 15 is 0 Å². The molecule has 0 unspecified atom stereocenters. The molecule has 0 atom stereocenters. The maximum Gasteiger partial charge on any atom is 0.264 e. The van der Waals surface area contributed by atoms with Crippen LogP contribution in [0.25, 0.3) is 0 Å². The monoisotopic (exact) mass is 261 g/mol. The topological polar surface area (TPSA) is 75.8 Å². The van der Waals surface area contributed by atoms with Crippen LogP contribution in [-0.4, -0.2) is 18.2 Å². The standard InChI is InChI=1S/C9H12ClN3O2S/c1-9(2,7-11)3-4-13-6-8(5-12-13)16(10,14)15/h5-6H,3-4H2,1-2H3. The van der Waals surface area contributed by atoms with Gasteiger partial charge in [-0.25, -0.2) is 8.42 Å². The lowest BCUT2D eigenvalue weighted by Crippen LogP contribution is -2.12. The Morgan fingerprint density at radius 3 is 2.69 bits per heavy atom. The van der Waals surface area contributed by atoms with Gasteiger partial charge in [0.1, 0.15) is 4.90 Å². The minimum Gasteiger partial charge on any atom is -0.271 e. The van der Waals surface area contributed by atoms with Crippen LogP contribution in [0.1, 0.15) is 20.3 Å². The first kappa shape index (κ1) is 13.0. The maximum atomic E-state index is 11.0. The zero-order valence-electron chi connectivity index (χ0n) is 9.01. The molecule has 5 nitrogen and oxygen atoms in total. The molecule has 16 heavy (non-hydrogen) atoms. The minimum absolute atomic E-state index is 0.0241. The molecular formula is C9H12ClN3O2S. The Morgan fingerprint density at radius 1 is 1.62 bits per heavy atom. The van der Waals surface area contributed by atoms with Crippen molar-refractivity contribution in [1.29, 1.82) is 5.26 Å². The summed E-state index contributed by atoms with van der Waals surface area (Å²) in [5.74, 6) is 0. The number of aromatic nitrogens is 2. The predicted molar refractivity (Wildman–Crippen MR) is 59.3 cm³/mol. The first-order chi connectivity index (χ1) is 7.24. The van der Waals surface area contributed by atoms with Crippen LogP contribution in [0.4, 0.5) is 0 Å². The van der Waals surface area contributed by atoms with Gasteiger partial charge in [-0.3, -0.25) is 4.68 Å². The van der Waals surface area contributed by atoms with Crippen LogP contribution in [0.5, 0.6) is 0 Å². The summed E-state index contributed by atoms with van der Waals surface area (Å²) in [5.41, 5.74) is -0.452. The van der Waals surface area contributed by atoms with Gasteiger partial charge in [-0.05, 0) is 20.3 Å². The van der Waals surface area contributed by atoms with Gasteiger partial charge in [0.15, 0.2) is 0 Å². The molecule has 1 rings (SSSR count). The Morgan fingerprint density at radius 2 is 2.25 bits per heavy atom. The number of halogens is 1. The Labute approximate surface area is 99.1 Å². The van der Waals surface area contributed by atoms with Crippen LogP contribution >= 0.6 is 10.7 Å². The SMILES string of the molecule is CC(C)(C#N)CCn1cc(S(=O)(=O)Cl)cn1. The number of aryl methyl sites for hydroxylation is 1. The van der Waals surface area contributed by atoms with Crippen molar-refractivity contribution in [1.82, 2.24) is 9.78 Å². The van der Waals surface area contributed by atoms with Crippen LogP contribution in [0.3, 0.4) is 0 Å². The summed E-state index contributed by atoms with van der Waals surface area (Å²) in [7, 11) is 1.44. The maximum absolute atomic E-state index is 11.0. The van der Waals surface area contributed by atoms with Crippen molar-refractivity contribution in [2.24, 2.45) is 5.41 Å². The first-order valence-electron chi connectivity index (χ1n) is 4.63. The summed E-state index contributed by atoms with van der Waals surface area (Å²) in [6.07, 6.45) is 3.14. The average Bonchev–Trinajstić information content (AvgIpc) is 2.63. The minimum atomic E-state index is -3.72. The third-order valence-corrected chi connectivity index (χ3v) is 3.47. The van der Waals surface area contributed by atoms with E-state index < -0.39 is 14.5 Å². The van der Waals surface area contributed by atoms with Gasteiger partial charge in [-0.2, -0.15) is 10.4 Å². The van der Waals surface area contributed by atoms with E-state index in [-0.39, 0.29) is 4.90 Å². The summed E-state index contributed by atoms with van der Waals surface area (Å²) in [6.45, 7) is 4.11. The van der Waals surface area contributed by atoms with E-state index in [9.17, 15) is 8.42 Å². The van der Waals surface area contributed by atoms with E-state index in [4.69, 9.17) is 15.9 Å². The van der Waals surface area contributed by atoms with E-state index in [0.717, 1.165) is 0 Å². The Hall–Kier alpha value is -1.06. The molecule has 88 valence electrons. The second-order valence-corrected chi connectivity index (χ2v) is 6.69. The molecule has 0 spiro atoms. The molecular weight excluding hydrogens is 250 g/mol. The number of nitrogens with zero attached hydrogens (tertiary/aromatic N) is 3. The summed E-state index contributed by atoms with van der Waals surface area (Å²) in [6, 6.07) is 2.16. The third-order valence-electron chi connectivity index (χ3n) is 2.16. The molecule has 0 radical (unpaired) electrons. The Kier molecular flexibility index (Phi) is 3.61. The van der Waals surface area contributed by atoms with Crippen molar-refractivity contribution in [3.05, 3.63) is 12.4 Å². The van der Waals surface area contributed by atoms with E-state index in [1.165, 1.54) is 17.1 Å². The molecule has 0 aliphatic heterocycles. The predicted octanol–water partition coefficient (Wildman–Crippen LogP) is 1.75. The molecule has 0 saturated heterocycles. The number of rotatable bonds is 4. The Bertz CT molecular complexity index is 513. The first-order valence-corrected chi connectivity index (χ1v) is 6.94. The molecule has 0 aliphatic rings. The highest BCUT2D eigenvalue weighted by atomic mass is 35.7. The van der Waals surface area contributed by atoms with Crippen molar-refractivity contribution in [3.63, 3.8) is 0 Å². The van der Waals surface area contributed by atoms with Crippen LogP contribution < -0.4 is 0 Å². The van der Waals surface area contributed by atoms with Gasteiger partial charge in [-0.15, -0.1) is 0 Å². The third kappa shape index (κ3) is 3.51. The molecule has 0 aliphatic carbocycles. The quantitative estimate of drug-likeness (QED) is 0.774. The van der Waals surface area contributed by atoms with Gasteiger partial charge in [0.2, 0.25) is 0 Å². The zero-order valence-corrected chi connectivity index (χ0v) is 10.6. The highest BCUT2D eigenvalue weighted by molar-refractivity contribution is 8.13. The van der Waals surface area contributed by atoms with Crippen LogP contribution in [0.2, 0.25) is 0 Å². The van der Waals surface area contributed by atoms with Gasteiger partial charge in [0.05, 0.1) is 17.7 Å². The summed E-state index contributed by atoms with van der Waals surface area (Å²) in [5, 5.41) is 12.7. The number of hydrogen-bond acceptors (Lipinski definition) is 4. The van der Waals surface area contributed by atoms with Crippen molar-refractivity contribution >= 4 is 19.7 Å². The van der Waals surface area contributed by atoms with Crippen molar-refractivity contribution in [2.45, 2.75) is 31.7 Å². The van der Waals surface area contributed by atoms with E-state index in [2.05, 4.69) is 11.2 Å². The fourth-order valence-electron chi connectivity index (χ4n) is 1.04. The molecule has 0 N–H and O–H groups in total. The smallest absolute Gasteiger partial charge is 0.264 e. The summed E-state index contributed by atoms with van der Waals surface area (Å²) in [4.78, 5) is -0.0241. The van der Waals surface area contributed by atoms with Crippen molar-refractivity contribution in [3.8, 4) is 6.07 Å². The second kappa shape index (κ2) is 4.44. The van der Waals surface area contributed by atoms with Gasteiger partial charge in [0, 0.05) is 23.4 Å². The lowest BCUT2D eigenvalue weighted by Gasteiger charge is -2.14. The lowest BCUT2D eigenvalue weighted by molar-refractivity contribution is 0.398. The fraction of sp³-hybridized carbons (Fsp3) is 0.556. The lowest BCUT2D eigenvalue weighted by atomic mass is 9.92. The summed E-state index contributed by atoms with van der Waals surface area (Å²) < 4.78 is 23.4. The highest BCUT2D eigenvalue weighted by Gasteiger charge is 2.18. The number of nitriles is 1. The van der Waals surface area contributed by atoms with E-state index in [1.54, 1.807) is 0 Å². The zero-order chi connectivity index (χ0) is 12.4. The van der Waals surface area contributed by atoms with E-state index in [0.29, 0.717) is 13.0 Å². The summed E-state index contributed by atoms with van der Waals surface area (Å²) >= 11 is 0. The van der Waals surface area contributed by atoms with Gasteiger partial charge >= 0.3 is 0 Å². The van der Waals surface area contributed by atoms with Crippen molar-refractivity contribution in [2.75, 3.05) is 0 Å². The van der Waals surface area contributed by atoms with Gasteiger partial charge in [-0.1, -0.05) is 0 Å². The highest BCUT2D eigenvalue weighted by Crippen LogP contribution is 2.20. The largest absolute Gasteiger partial charge is 0.271 e. The molecule has 0 saturated carbocycles. The molecule has 1 heterocycles. The molecule has 7 heteroatoms. The van der Waals surface area contributed by atoms with Crippen LogP contribution in [0.15, 0.2) is 17.3 Å². The molecule has 0 bridgehead atoms. The van der Waals surface area contributed by atoms with Crippen LogP contribution in [-0.2, 0) is 15.6 Å². The molecule has 0 amide bonds. The van der Waals surface area contributed by atoms with Gasteiger partial charge in [0.25, 0.3) is 9.05 Å². The normalized spacial score (nSPS) is 12.4. The van der Waals surface area contributed by atoms with Crippen molar-refractivity contribution < 1.29 is 8.42 Å². The molecule has 0 aromatic carbocycles. The van der Waals surface area contributed by atoms with E-state index in [1.807, 2.05) is 13.8 Å². The molecule has 1 aromatic rings. The second-order valence-electron chi connectivity index (χ2n) is 4.12. The van der Waals surface area contributed by atoms with Crippen LogP contribution in [0, 0.1) is 16.7 Å². The van der Waals surface area contributed by atoms with Gasteiger partial charge < -0.3 is 0 Å². The number of hydrogen-bond donors (Lipinski definition) is 0.